The minimum absolute atomic E-state index is 0.177. The molecule has 1 aliphatic heterocycles. The van der Waals surface area contributed by atoms with Crippen LogP contribution < -0.4 is 0 Å². The second-order valence-corrected chi connectivity index (χ2v) is 6.90. The van der Waals surface area contributed by atoms with Crippen LogP contribution in [-0.4, -0.2) is 61.4 Å². The minimum atomic E-state index is -4.50. The zero-order valence-electron chi connectivity index (χ0n) is 15.6. The highest BCUT2D eigenvalue weighted by Crippen LogP contribution is 2.28. The molecule has 1 saturated heterocycles. The van der Waals surface area contributed by atoms with Crippen LogP contribution in [0.2, 0.25) is 0 Å². The fourth-order valence-electron chi connectivity index (χ4n) is 3.24. The molecular weight excluding hydrogens is 361 g/mol. The number of nitrogens with zero attached hydrogens (tertiary/aromatic N) is 6. The maximum atomic E-state index is 12.7. The van der Waals surface area contributed by atoms with E-state index in [-0.39, 0.29) is 12.5 Å². The summed E-state index contributed by atoms with van der Waals surface area (Å²) >= 11 is 0. The Morgan fingerprint density at radius 3 is 2.33 bits per heavy atom. The molecule has 27 heavy (non-hydrogen) atoms. The van der Waals surface area contributed by atoms with Crippen molar-refractivity contribution >= 4 is 5.91 Å². The summed E-state index contributed by atoms with van der Waals surface area (Å²) in [7, 11) is 1.88. The zero-order chi connectivity index (χ0) is 19.8. The zero-order valence-corrected chi connectivity index (χ0v) is 15.6. The van der Waals surface area contributed by atoms with Crippen molar-refractivity contribution in [3.8, 4) is 0 Å². The summed E-state index contributed by atoms with van der Waals surface area (Å²) in [6.45, 7) is 6.60. The van der Waals surface area contributed by atoms with Gasteiger partial charge in [0.15, 0.2) is 5.69 Å². The van der Waals surface area contributed by atoms with Gasteiger partial charge in [-0.15, -0.1) is 0 Å². The van der Waals surface area contributed by atoms with E-state index in [1.54, 1.807) is 9.58 Å². The van der Waals surface area contributed by atoms with Crippen molar-refractivity contribution < 1.29 is 18.0 Å². The maximum absolute atomic E-state index is 12.7. The van der Waals surface area contributed by atoms with Gasteiger partial charge in [0.05, 0.1) is 5.69 Å². The van der Waals surface area contributed by atoms with E-state index in [9.17, 15) is 18.0 Å². The van der Waals surface area contributed by atoms with E-state index in [2.05, 4.69) is 15.1 Å². The van der Waals surface area contributed by atoms with Gasteiger partial charge in [0.1, 0.15) is 6.54 Å². The minimum Gasteiger partial charge on any atom is -0.339 e. The molecule has 0 bridgehead atoms. The Morgan fingerprint density at radius 1 is 1.15 bits per heavy atom. The van der Waals surface area contributed by atoms with E-state index in [4.69, 9.17) is 0 Å². The molecule has 0 atom stereocenters. The van der Waals surface area contributed by atoms with Crippen LogP contribution in [0, 0.1) is 13.8 Å². The van der Waals surface area contributed by atoms with Crippen LogP contribution in [0.15, 0.2) is 12.3 Å². The van der Waals surface area contributed by atoms with Gasteiger partial charge in [-0.1, -0.05) is 0 Å². The van der Waals surface area contributed by atoms with Crippen LogP contribution in [0.25, 0.3) is 0 Å². The molecule has 0 spiro atoms. The summed E-state index contributed by atoms with van der Waals surface area (Å²) in [6, 6.07) is 0.960. The Labute approximate surface area is 155 Å². The molecule has 10 heteroatoms. The molecule has 0 aromatic carbocycles. The smallest absolute Gasteiger partial charge is 0.339 e. The van der Waals surface area contributed by atoms with Crippen molar-refractivity contribution in [1.82, 2.24) is 29.4 Å². The monoisotopic (exact) mass is 384 g/mol. The lowest BCUT2D eigenvalue weighted by molar-refractivity contribution is -0.142. The number of hydrogen-bond donors (Lipinski definition) is 0. The largest absolute Gasteiger partial charge is 0.435 e. The first kappa shape index (κ1) is 19.4. The predicted molar refractivity (Wildman–Crippen MR) is 91.8 cm³/mol. The van der Waals surface area contributed by atoms with Gasteiger partial charge in [0.2, 0.25) is 5.91 Å². The third kappa shape index (κ3) is 4.49. The lowest BCUT2D eigenvalue weighted by atomic mass is 10.2. The van der Waals surface area contributed by atoms with Crippen LogP contribution in [0.3, 0.4) is 0 Å². The third-order valence-electron chi connectivity index (χ3n) is 4.79. The number of amides is 1. The summed E-state index contributed by atoms with van der Waals surface area (Å²) in [6.07, 6.45) is -2.51. The summed E-state index contributed by atoms with van der Waals surface area (Å²) in [5, 5.41) is 7.85. The molecule has 0 aliphatic carbocycles. The lowest BCUT2D eigenvalue weighted by Gasteiger charge is -2.34. The van der Waals surface area contributed by atoms with Gasteiger partial charge in [-0.25, -0.2) is 0 Å². The third-order valence-corrected chi connectivity index (χ3v) is 4.79. The van der Waals surface area contributed by atoms with E-state index >= 15 is 0 Å². The first-order valence-corrected chi connectivity index (χ1v) is 8.74. The Morgan fingerprint density at radius 2 is 1.81 bits per heavy atom. The molecule has 3 rings (SSSR count). The molecule has 0 radical (unpaired) electrons. The normalized spacial score (nSPS) is 16.1. The van der Waals surface area contributed by atoms with E-state index < -0.39 is 11.9 Å². The van der Waals surface area contributed by atoms with Gasteiger partial charge in [-0.2, -0.15) is 23.4 Å². The summed E-state index contributed by atoms with van der Waals surface area (Å²) in [4.78, 5) is 16.4. The molecule has 2 aromatic rings. The molecular formula is C17H23F3N6O. The van der Waals surface area contributed by atoms with Crippen molar-refractivity contribution in [1.29, 1.82) is 0 Å². The quantitative estimate of drug-likeness (QED) is 0.804. The van der Waals surface area contributed by atoms with E-state index in [1.165, 1.54) is 6.92 Å². The second kappa shape index (κ2) is 7.34. The topological polar surface area (TPSA) is 59.2 Å². The Hall–Kier alpha value is -2.36. The fourth-order valence-corrected chi connectivity index (χ4v) is 3.24. The van der Waals surface area contributed by atoms with Gasteiger partial charge in [0.25, 0.3) is 0 Å². The highest BCUT2D eigenvalue weighted by molar-refractivity contribution is 5.76. The number of aryl methyl sites for hydroxylation is 3. The number of carbonyl (C=O) groups excluding carboxylic acids is 1. The molecule has 1 amide bonds. The number of aromatic nitrogens is 4. The molecule has 0 unspecified atom stereocenters. The molecule has 1 aliphatic rings. The van der Waals surface area contributed by atoms with Gasteiger partial charge in [0, 0.05) is 57.2 Å². The van der Waals surface area contributed by atoms with Gasteiger partial charge < -0.3 is 4.90 Å². The van der Waals surface area contributed by atoms with Gasteiger partial charge in [-0.05, 0) is 19.9 Å². The van der Waals surface area contributed by atoms with Crippen molar-refractivity contribution in [2.24, 2.45) is 7.05 Å². The van der Waals surface area contributed by atoms with Crippen LogP contribution in [0.1, 0.15) is 22.6 Å². The first-order chi connectivity index (χ1) is 12.6. The van der Waals surface area contributed by atoms with Crippen molar-refractivity contribution in [2.75, 3.05) is 26.2 Å². The van der Waals surface area contributed by atoms with Crippen LogP contribution in [0.5, 0.6) is 0 Å². The molecule has 0 saturated carbocycles. The number of piperazine rings is 1. The van der Waals surface area contributed by atoms with Crippen molar-refractivity contribution in [2.45, 2.75) is 33.1 Å². The average molecular weight is 384 g/mol. The number of alkyl halides is 3. The number of halogens is 3. The van der Waals surface area contributed by atoms with Gasteiger partial charge >= 0.3 is 6.18 Å². The van der Waals surface area contributed by atoms with E-state index in [0.29, 0.717) is 31.9 Å². The molecule has 3 heterocycles. The highest BCUT2D eigenvalue weighted by atomic mass is 19.4. The molecule has 0 N–H and O–H groups in total. The van der Waals surface area contributed by atoms with Crippen molar-refractivity contribution in [3.05, 3.63) is 34.9 Å². The predicted octanol–water partition coefficient (Wildman–Crippen LogP) is 1.60. The van der Waals surface area contributed by atoms with Crippen LogP contribution in [-0.2, 0) is 31.1 Å². The maximum Gasteiger partial charge on any atom is 0.435 e. The second-order valence-electron chi connectivity index (χ2n) is 6.90. The van der Waals surface area contributed by atoms with Crippen LogP contribution >= 0.6 is 0 Å². The van der Waals surface area contributed by atoms with E-state index in [0.717, 1.165) is 28.6 Å². The molecule has 148 valence electrons. The fraction of sp³-hybridized carbons (Fsp3) is 0.588. The summed E-state index contributed by atoms with van der Waals surface area (Å²) in [5.74, 6) is -0.216. The lowest BCUT2D eigenvalue weighted by Crippen LogP contribution is -2.49. The van der Waals surface area contributed by atoms with Crippen molar-refractivity contribution in [3.63, 3.8) is 0 Å². The van der Waals surface area contributed by atoms with Crippen LogP contribution in [0.4, 0.5) is 13.2 Å². The summed E-state index contributed by atoms with van der Waals surface area (Å²) < 4.78 is 41.1. The molecule has 7 nitrogen and oxygen atoms in total. The SMILES string of the molecule is Cc1nn(C)cc1CN1CCN(C(=O)Cn2nc(C(F)(F)F)cc2C)CC1. The highest BCUT2D eigenvalue weighted by Gasteiger charge is 2.34. The van der Waals surface area contributed by atoms with E-state index in [1.807, 2.05) is 20.2 Å². The molecule has 2 aromatic heterocycles. The Kier molecular flexibility index (Phi) is 5.27. The Balaban J connectivity index is 1.54. The summed E-state index contributed by atoms with van der Waals surface area (Å²) in [5.41, 5.74) is 1.50. The number of carbonyl (C=O) groups is 1. The number of rotatable bonds is 4. The standard InChI is InChI=1S/C17H23F3N6O/c1-12-8-15(17(18,19)20)22-26(12)11-16(27)25-6-4-24(5-7-25)10-14-9-23(3)21-13(14)2/h8-9H,4-7,10-11H2,1-3H3. The Bertz CT molecular complexity index is 817. The number of hydrogen-bond acceptors (Lipinski definition) is 4. The molecule has 1 fully saturated rings. The first-order valence-electron chi connectivity index (χ1n) is 8.74. The average Bonchev–Trinajstić information content (AvgIpc) is 3.10. The van der Waals surface area contributed by atoms with Gasteiger partial charge in [-0.3, -0.25) is 19.1 Å².